The molecule has 6 aromatic carbocycles. The number of fused-ring (bicyclic) bond motifs is 5. The van der Waals surface area contributed by atoms with Gasteiger partial charge in [0.1, 0.15) is 7.05 Å². The van der Waals surface area contributed by atoms with Crippen LogP contribution < -0.4 is 7.35 Å². The van der Waals surface area contributed by atoms with Gasteiger partial charge in [0.2, 0.25) is 11.4 Å². The molecule has 0 radical (unpaired) electrons. The number of nitrogens with zero attached hydrogens (tertiary/aromatic N) is 2. The monoisotopic (exact) mass is 900 g/mol. The third-order valence-corrected chi connectivity index (χ3v) is 13.8. The zero-order chi connectivity index (χ0) is 41.6. The molecule has 0 aliphatic heterocycles. The molecule has 0 saturated heterocycles. The topological polar surface area (TPSA) is 7.76 Å². The zero-order valence-electron chi connectivity index (χ0n) is 36.4. The molecule has 304 valence electrons. The summed E-state index contributed by atoms with van der Waals surface area (Å²) in [6.07, 6.45) is 17.8. The lowest BCUT2D eigenvalue weighted by molar-refractivity contribution is -0.659. The minimum atomic E-state index is 0.550. The van der Waals surface area contributed by atoms with Gasteiger partial charge < -0.3 is 0 Å². The highest BCUT2D eigenvalue weighted by atomic mass is 127. The molecule has 2 heterocycles. The van der Waals surface area contributed by atoms with Crippen molar-refractivity contribution in [1.82, 2.24) is 0 Å². The van der Waals surface area contributed by atoms with Crippen molar-refractivity contribution >= 4 is 55.2 Å². The van der Waals surface area contributed by atoms with Crippen LogP contribution in [0.4, 0.5) is 0 Å². The molecule has 0 spiro atoms. The minimum Gasteiger partial charge on any atom is -0.200 e. The van der Waals surface area contributed by atoms with Crippen molar-refractivity contribution in [1.29, 1.82) is 0 Å². The second kappa shape index (κ2) is 19.2. The van der Waals surface area contributed by atoms with E-state index < -0.39 is 0 Å². The van der Waals surface area contributed by atoms with E-state index in [0.717, 1.165) is 12.8 Å². The molecule has 0 aliphatic carbocycles. The van der Waals surface area contributed by atoms with E-state index in [9.17, 15) is 0 Å². The van der Waals surface area contributed by atoms with E-state index in [1.165, 1.54) is 152 Å². The van der Waals surface area contributed by atoms with Gasteiger partial charge in [-0.25, -0.2) is 4.57 Å². The van der Waals surface area contributed by atoms with Crippen LogP contribution in [0, 0.1) is 6.92 Å². The Kier molecular flexibility index (Phi) is 13.4. The summed E-state index contributed by atoms with van der Waals surface area (Å²) < 4.78 is 4.63. The van der Waals surface area contributed by atoms with Crippen molar-refractivity contribution in [2.75, 3.05) is 0 Å². The van der Waals surface area contributed by atoms with Gasteiger partial charge in [-0.15, -0.1) is 2.78 Å². The van der Waals surface area contributed by atoms with Crippen molar-refractivity contribution in [3.8, 4) is 33.6 Å². The smallest absolute Gasteiger partial charge is 0.200 e. The number of aromatic nitrogens is 2. The number of aryl methyl sites for hydroxylation is 3. The Balaban J connectivity index is 1.29. The highest BCUT2D eigenvalue weighted by Gasteiger charge is 2.25. The zero-order valence-corrected chi connectivity index (χ0v) is 38.6. The summed E-state index contributed by atoms with van der Waals surface area (Å²) in [6, 6.07) is 48.6. The predicted molar refractivity (Wildman–Crippen MR) is 265 cm³/mol. The molecule has 1 atom stereocenters. The van der Waals surface area contributed by atoms with Crippen LogP contribution >= 0.6 is 22.9 Å². The maximum atomic E-state index is 2.49. The third-order valence-electron chi connectivity index (χ3n) is 12.9. The van der Waals surface area contributed by atoms with E-state index in [0.29, 0.717) is 5.92 Å². The molecular weight excluding hydrogens is 840 g/mol. The molecule has 0 aliphatic rings. The lowest BCUT2D eigenvalue weighted by Gasteiger charge is -2.19. The van der Waals surface area contributed by atoms with E-state index in [2.05, 4.69) is 205 Å². The largest absolute Gasteiger partial charge is 0.354 e. The van der Waals surface area contributed by atoms with E-state index in [4.69, 9.17) is 0 Å². The number of unbranched alkanes of at least 4 members (excludes halogenated alkanes) is 6. The van der Waals surface area contributed by atoms with Gasteiger partial charge in [0.15, 0.2) is 12.4 Å². The molecule has 8 aromatic rings. The second-order valence-electron chi connectivity index (χ2n) is 17.3. The van der Waals surface area contributed by atoms with Crippen LogP contribution in [0.2, 0.25) is 0 Å². The first-order chi connectivity index (χ1) is 29.3. The van der Waals surface area contributed by atoms with Crippen molar-refractivity contribution in [3.05, 3.63) is 168 Å². The van der Waals surface area contributed by atoms with Crippen LogP contribution in [0.15, 0.2) is 140 Å². The molecule has 0 fully saturated rings. The van der Waals surface area contributed by atoms with Gasteiger partial charge in [-0.05, 0) is 123 Å². The molecule has 8 rings (SSSR count). The number of halogens is 1. The molecular formula is C57H61IN2+2. The summed E-state index contributed by atoms with van der Waals surface area (Å²) in [4.78, 5) is 0. The van der Waals surface area contributed by atoms with Crippen LogP contribution in [0.25, 0.3) is 66.0 Å². The standard InChI is InChI=1S/C57H61IN2/c1-6-8-10-11-13-21-46-35-40(3)36-55(57-52-31-30-49-48-24-15-14-20-42(48)28-29-50(49)51(52)32-34-59(57)5)53(46)39-47-27-26-45(38-54(47)56-25-16-17-33-60(56)58)44-23-18-22-43(37-44)41(4)19-12-9-7-2/h14-18,20,22-38,41H,6-13,19,21,39H2,1-5H3/q+2. The summed E-state index contributed by atoms with van der Waals surface area (Å²) in [5.41, 5.74) is 14.8. The van der Waals surface area contributed by atoms with E-state index in [1.54, 1.807) is 0 Å². The predicted octanol–water partition coefficient (Wildman–Crippen LogP) is 15.6. The molecule has 0 saturated carbocycles. The van der Waals surface area contributed by atoms with Crippen LogP contribution in [0.5, 0.6) is 0 Å². The van der Waals surface area contributed by atoms with Crippen molar-refractivity contribution < 1.29 is 7.35 Å². The average Bonchev–Trinajstić information content (AvgIpc) is 3.27. The Bertz CT molecular complexity index is 2780. The van der Waals surface area contributed by atoms with E-state index >= 15 is 0 Å². The third kappa shape index (κ3) is 8.93. The fourth-order valence-electron chi connectivity index (χ4n) is 9.60. The molecule has 2 nitrogen and oxygen atoms in total. The summed E-state index contributed by atoms with van der Waals surface area (Å²) in [7, 11) is 2.23. The van der Waals surface area contributed by atoms with Gasteiger partial charge in [0.05, 0.1) is 16.5 Å². The van der Waals surface area contributed by atoms with Crippen LogP contribution in [0.3, 0.4) is 0 Å². The Morgan fingerprint density at radius 1 is 0.567 bits per heavy atom. The molecule has 3 heteroatoms. The fourth-order valence-corrected chi connectivity index (χ4v) is 10.2. The van der Waals surface area contributed by atoms with Gasteiger partial charge in [0, 0.05) is 23.6 Å². The highest BCUT2D eigenvalue weighted by molar-refractivity contribution is 14.1. The lowest BCUT2D eigenvalue weighted by atomic mass is 9.85. The summed E-state index contributed by atoms with van der Waals surface area (Å²) >= 11 is 2.46. The Morgan fingerprint density at radius 3 is 2.15 bits per heavy atom. The molecule has 0 N–H and O–H groups in total. The first-order valence-corrected chi connectivity index (χ1v) is 23.6. The summed E-state index contributed by atoms with van der Waals surface area (Å²) in [5.74, 6) is 0.550. The Labute approximate surface area is 372 Å². The van der Waals surface area contributed by atoms with Crippen molar-refractivity contribution in [2.45, 2.75) is 104 Å². The minimum absolute atomic E-state index is 0.550. The number of rotatable bonds is 16. The number of pyridine rings is 2. The summed E-state index contributed by atoms with van der Waals surface area (Å²) in [6.45, 7) is 9.29. The molecule has 0 bridgehead atoms. The molecule has 1 unspecified atom stereocenters. The van der Waals surface area contributed by atoms with Crippen LogP contribution in [0.1, 0.15) is 112 Å². The first kappa shape index (κ1) is 41.8. The first-order valence-electron chi connectivity index (χ1n) is 22.6. The molecule has 0 amide bonds. The fraction of sp³-hybridized carbons (Fsp3) is 0.298. The maximum absolute atomic E-state index is 2.49. The highest BCUT2D eigenvalue weighted by Crippen LogP contribution is 2.39. The normalized spacial score (nSPS) is 12.2. The van der Waals surface area contributed by atoms with Crippen LogP contribution in [-0.4, -0.2) is 0 Å². The van der Waals surface area contributed by atoms with Crippen LogP contribution in [-0.2, 0) is 19.9 Å². The van der Waals surface area contributed by atoms with E-state index in [-0.39, 0.29) is 0 Å². The number of hydrogen-bond donors (Lipinski definition) is 0. The number of hydrogen-bond acceptors (Lipinski definition) is 0. The van der Waals surface area contributed by atoms with Gasteiger partial charge in [-0.2, -0.15) is 0 Å². The van der Waals surface area contributed by atoms with Gasteiger partial charge in [-0.1, -0.05) is 151 Å². The van der Waals surface area contributed by atoms with Gasteiger partial charge in [0.25, 0.3) is 0 Å². The molecule has 2 aromatic heterocycles. The summed E-state index contributed by atoms with van der Waals surface area (Å²) in [5, 5.41) is 7.83. The Hall–Kier alpha value is -4.87. The average molecular weight is 901 g/mol. The second-order valence-corrected chi connectivity index (χ2v) is 18.3. The quantitative estimate of drug-likeness (QED) is 0.0395. The van der Waals surface area contributed by atoms with E-state index in [1.807, 2.05) is 0 Å². The SMILES string of the molecule is CCCCCCCc1cc(C)cc(-c2c3ccc4c5ccccc5ccc4c3cc[n+]2C)c1Cc1ccc(-c2cccc(C(C)CCCCC)c2)cc1-c1cccc[n+]1I. The molecule has 60 heavy (non-hydrogen) atoms. The maximum Gasteiger partial charge on any atom is 0.354 e. The number of benzene rings is 6. The lowest BCUT2D eigenvalue weighted by Crippen LogP contribution is -2.31. The Morgan fingerprint density at radius 2 is 1.30 bits per heavy atom. The van der Waals surface area contributed by atoms with Crippen molar-refractivity contribution in [3.63, 3.8) is 0 Å². The van der Waals surface area contributed by atoms with Crippen molar-refractivity contribution in [2.24, 2.45) is 7.05 Å². The van der Waals surface area contributed by atoms with Gasteiger partial charge >= 0.3 is 22.9 Å². The van der Waals surface area contributed by atoms with Gasteiger partial charge in [-0.3, -0.25) is 0 Å².